The Morgan fingerprint density at radius 3 is 2.50 bits per heavy atom. The molecular weight excluding hydrogens is 128 g/mol. The van der Waals surface area contributed by atoms with Crippen LogP contribution in [-0.2, 0) is 9.59 Å². The SMILES string of the molecule is CCCCC(C=O)CC=O. The summed E-state index contributed by atoms with van der Waals surface area (Å²) in [5.74, 6) is -0.0301. The molecule has 0 aliphatic rings. The van der Waals surface area contributed by atoms with Crippen molar-refractivity contribution in [3.05, 3.63) is 0 Å². The van der Waals surface area contributed by atoms with Crippen LogP contribution in [-0.4, -0.2) is 12.6 Å². The molecule has 0 rings (SSSR count). The summed E-state index contributed by atoms with van der Waals surface area (Å²) in [5, 5.41) is 0. The average Bonchev–Trinajstić information content (AvgIpc) is 1.98. The van der Waals surface area contributed by atoms with E-state index in [1.54, 1.807) is 0 Å². The zero-order chi connectivity index (χ0) is 7.82. The van der Waals surface area contributed by atoms with Crippen LogP contribution < -0.4 is 0 Å². The number of rotatable bonds is 6. The third kappa shape index (κ3) is 4.24. The van der Waals surface area contributed by atoms with Gasteiger partial charge in [0, 0.05) is 12.3 Å². The number of carbonyl (C=O) groups excluding carboxylic acids is 2. The van der Waals surface area contributed by atoms with E-state index >= 15 is 0 Å². The van der Waals surface area contributed by atoms with Gasteiger partial charge >= 0.3 is 0 Å². The van der Waals surface area contributed by atoms with Gasteiger partial charge in [0.05, 0.1) is 0 Å². The van der Waals surface area contributed by atoms with Crippen molar-refractivity contribution < 1.29 is 9.59 Å². The molecular formula is C8H14O2. The van der Waals surface area contributed by atoms with E-state index in [1.165, 1.54) is 0 Å². The molecule has 0 bridgehead atoms. The first-order chi connectivity index (χ1) is 4.85. The highest BCUT2D eigenvalue weighted by Crippen LogP contribution is 2.07. The lowest BCUT2D eigenvalue weighted by Gasteiger charge is -2.02. The second-order valence-electron chi connectivity index (χ2n) is 2.44. The summed E-state index contributed by atoms with van der Waals surface area (Å²) in [5.41, 5.74) is 0. The van der Waals surface area contributed by atoms with Crippen LogP contribution in [0.1, 0.15) is 32.6 Å². The van der Waals surface area contributed by atoms with Gasteiger partial charge in [0.25, 0.3) is 0 Å². The Morgan fingerprint density at radius 1 is 1.40 bits per heavy atom. The standard InChI is InChI=1S/C8H14O2/c1-2-3-4-8(7-10)5-6-9/h6-8H,2-5H2,1H3. The molecule has 0 saturated heterocycles. The molecule has 1 atom stereocenters. The summed E-state index contributed by atoms with van der Waals surface area (Å²) in [7, 11) is 0. The van der Waals surface area contributed by atoms with E-state index in [1.807, 2.05) is 0 Å². The molecule has 0 aromatic rings. The molecule has 0 aromatic carbocycles. The maximum atomic E-state index is 10.2. The van der Waals surface area contributed by atoms with Crippen molar-refractivity contribution in [3.63, 3.8) is 0 Å². The lowest BCUT2D eigenvalue weighted by Crippen LogP contribution is -2.01. The van der Waals surface area contributed by atoms with E-state index in [0.717, 1.165) is 31.8 Å². The first-order valence-electron chi connectivity index (χ1n) is 3.74. The number of hydrogen-bond acceptors (Lipinski definition) is 2. The van der Waals surface area contributed by atoms with Gasteiger partial charge in [0.15, 0.2) is 0 Å². The van der Waals surface area contributed by atoms with Gasteiger partial charge in [-0.15, -0.1) is 0 Å². The summed E-state index contributed by atoms with van der Waals surface area (Å²) < 4.78 is 0. The Hall–Kier alpha value is -0.660. The molecule has 0 aliphatic carbocycles. The lowest BCUT2D eigenvalue weighted by molar-refractivity contribution is -0.115. The first-order valence-corrected chi connectivity index (χ1v) is 3.74. The van der Waals surface area contributed by atoms with Crippen molar-refractivity contribution >= 4 is 12.6 Å². The Morgan fingerprint density at radius 2 is 2.10 bits per heavy atom. The van der Waals surface area contributed by atoms with Crippen molar-refractivity contribution in [1.82, 2.24) is 0 Å². The lowest BCUT2D eigenvalue weighted by atomic mass is 10.0. The van der Waals surface area contributed by atoms with Gasteiger partial charge in [-0.2, -0.15) is 0 Å². The van der Waals surface area contributed by atoms with Crippen LogP contribution in [0.4, 0.5) is 0 Å². The minimum Gasteiger partial charge on any atom is -0.303 e. The fourth-order valence-corrected chi connectivity index (χ4v) is 0.831. The van der Waals surface area contributed by atoms with Crippen LogP contribution >= 0.6 is 0 Å². The minimum absolute atomic E-state index is 0.0301. The van der Waals surface area contributed by atoms with E-state index < -0.39 is 0 Å². The molecule has 0 amide bonds. The number of aldehydes is 2. The zero-order valence-corrected chi connectivity index (χ0v) is 6.38. The zero-order valence-electron chi connectivity index (χ0n) is 6.38. The molecule has 1 unspecified atom stereocenters. The van der Waals surface area contributed by atoms with Crippen molar-refractivity contribution in [3.8, 4) is 0 Å². The molecule has 0 N–H and O–H groups in total. The van der Waals surface area contributed by atoms with E-state index in [4.69, 9.17) is 0 Å². The summed E-state index contributed by atoms with van der Waals surface area (Å²) in [6.45, 7) is 2.07. The highest BCUT2D eigenvalue weighted by atomic mass is 16.1. The fraction of sp³-hybridized carbons (Fsp3) is 0.750. The van der Waals surface area contributed by atoms with E-state index in [0.29, 0.717) is 6.42 Å². The second kappa shape index (κ2) is 6.46. The second-order valence-corrected chi connectivity index (χ2v) is 2.44. The van der Waals surface area contributed by atoms with Crippen LogP contribution in [0.2, 0.25) is 0 Å². The van der Waals surface area contributed by atoms with Gasteiger partial charge in [-0.25, -0.2) is 0 Å². The van der Waals surface area contributed by atoms with Crippen molar-refractivity contribution in [2.24, 2.45) is 5.92 Å². The molecule has 58 valence electrons. The largest absolute Gasteiger partial charge is 0.303 e. The highest BCUT2D eigenvalue weighted by Gasteiger charge is 2.04. The highest BCUT2D eigenvalue weighted by molar-refractivity contribution is 5.61. The van der Waals surface area contributed by atoms with Gasteiger partial charge in [-0.3, -0.25) is 0 Å². The molecule has 0 aromatic heterocycles. The molecule has 0 saturated carbocycles. The summed E-state index contributed by atoms with van der Waals surface area (Å²) in [4.78, 5) is 20.2. The molecule has 2 heteroatoms. The Balaban J connectivity index is 3.38. The van der Waals surface area contributed by atoms with Gasteiger partial charge < -0.3 is 9.59 Å². The topological polar surface area (TPSA) is 34.1 Å². The average molecular weight is 142 g/mol. The van der Waals surface area contributed by atoms with Crippen molar-refractivity contribution in [2.45, 2.75) is 32.6 Å². The molecule has 0 fully saturated rings. The van der Waals surface area contributed by atoms with E-state index in [9.17, 15) is 9.59 Å². The van der Waals surface area contributed by atoms with Gasteiger partial charge in [-0.1, -0.05) is 19.8 Å². The van der Waals surface area contributed by atoms with Gasteiger partial charge in [0.1, 0.15) is 12.6 Å². The van der Waals surface area contributed by atoms with Crippen LogP contribution in [0.5, 0.6) is 0 Å². The predicted molar refractivity (Wildman–Crippen MR) is 39.8 cm³/mol. The number of unbranched alkanes of at least 4 members (excludes halogenated alkanes) is 1. The predicted octanol–water partition coefficient (Wildman–Crippen LogP) is 1.58. The summed E-state index contributed by atoms with van der Waals surface area (Å²) >= 11 is 0. The van der Waals surface area contributed by atoms with Gasteiger partial charge in [0.2, 0.25) is 0 Å². The van der Waals surface area contributed by atoms with Crippen LogP contribution in [0.15, 0.2) is 0 Å². The van der Waals surface area contributed by atoms with E-state index in [2.05, 4.69) is 6.92 Å². The molecule has 0 aliphatic heterocycles. The molecule has 0 radical (unpaired) electrons. The number of hydrogen-bond donors (Lipinski definition) is 0. The monoisotopic (exact) mass is 142 g/mol. The third-order valence-corrected chi connectivity index (χ3v) is 1.52. The fourth-order valence-electron chi connectivity index (χ4n) is 0.831. The summed E-state index contributed by atoms with van der Waals surface area (Å²) in [6, 6.07) is 0. The Labute approximate surface area is 61.6 Å². The van der Waals surface area contributed by atoms with E-state index in [-0.39, 0.29) is 5.92 Å². The molecule has 0 heterocycles. The van der Waals surface area contributed by atoms with Crippen LogP contribution in [0, 0.1) is 5.92 Å². The maximum absolute atomic E-state index is 10.2. The quantitative estimate of drug-likeness (QED) is 0.527. The normalized spacial score (nSPS) is 12.5. The smallest absolute Gasteiger partial charge is 0.123 e. The number of carbonyl (C=O) groups is 2. The molecule has 2 nitrogen and oxygen atoms in total. The third-order valence-electron chi connectivity index (χ3n) is 1.52. The Bertz CT molecular complexity index is 99.4. The minimum atomic E-state index is -0.0301. The van der Waals surface area contributed by atoms with Crippen molar-refractivity contribution in [2.75, 3.05) is 0 Å². The van der Waals surface area contributed by atoms with Crippen molar-refractivity contribution in [1.29, 1.82) is 0 Å². The van der Waals surface area contributed by atoms with Gasteiger partial charge in [-0.05, 0) is 6.42 Å². The molecule has 10 heavy (non-hydrogen) atoms. The Kier molecular flexibility index (Phi) is 6.03. The first kappa shape index (κ1) is 9.34. The summed E-state index contributed by atoms with van der Waals surface area (Å²) in [6.07, 6.45) is 5.07. The maximum Gasteiger partial charge on any atom is 0.123 e. The molecule has 0 spiro atoms. The van der Waals surface area contributed by atoms with Crippen LogP contribution in [0.3, 0.4) is 0 Å². The van der Waals surface area contributed by atoms with Crippen LogP contribution in [0.25, 0.3) is 0 Å².